The zero-order chi connectivity index (χ0) is 21.5. The molecule has 6 nitrogen and oxygen atoms in total. The van der Waals surface area contributed by atoms with Crippen LogP contribution in [0.1, 0.15) is 48.2 Å². The Labute approximate surface area is 176 Å². The number of hydrogen-bond acceptors (Lipinski definition) is 6. The fraction of sp³-hybridized carbons (Fsp3) is 0.375. The average Bonchev–Trinajstić information content (AvgIpc) is 2.73. The summed E-state index contributed by atoms with van der Waals surface area (Å²) >= 11 is 0. The van der Waals surface area contributed by atoms with Crippen LogP contribution < -0.4 is 23.7 Å². The van der Waals surface area contributed by atoms with Gasteiger partial charge in [-0.1, -0.05) is 0 Å². The van der Waals surface area contributed by atoms with E-state index in [-0.39, 0.29) is 12.4 Å². The minimum Gasteiger partial charge on any atom is -0.493 e. The van der Waals surface area contributed by atoms with E-state index in [1.54, 1.807) is 32.4 Å². The van der Waals surface area contributed by atoms with Gasteiger partial charge in [-0.2, -0.15) is 0 Å². The second-order valence-electron chi connectivity index (χ2n) is 7.80. The molecule has 2 aromatic rings. The lowest BCUT2D eigenvalue weighted by Gasteiger charge is -2.32. The van der Waals surface area contributed by atoms with Crippen molar-refractivity contribution >= 4 is 11.9 Å². The fourth-order valence-electron chi connectivity index (χ4n) is 3.87. The molecule has 0 spiro atoms. The number of Topliss-reactive ketones (excluding diaryl/α,β-unsaturated/α-hetero) is 1. The third-order valence-corrected chi connectivity index (χ3v) is 5.35. The molecule has 0 N–H and O–H groups in total. The van der Waals surface area contributed by atoms with Gasteiger partial charge in [-0.3, -0.25) is 4.79 Å². The Morgan fingerprint density at radius 1 is 1.10 bits per heavy atom. The first-order chi connectivity index (χ1) is 14.4. The summed E-state index contributed by atoms with van der Waals surface area (Å²) in [7, 11) is 3.13. The minimum atomic E-state index is -0.512. The van der Waals surface area contributed by atoms with Gasteiger partial charge in [0.15, 0.2) is 17.3 Å². The van der Waals surface area contributed by atoms with Crippen LogP contribution in [0.5, 0.6) is 28.7 Å². The minimum absolute atomic E-state index is 0.0227. The predicted octanol–water partition coefficient (Wildman–Crippen LogP) is 4.65. The van der Waals surface area contributed by atoms with E-state index in [2.05, 4.69) is 0 Å². The van der Waals surface area contributed by atoms with Crippen molar-refractivity contribution in [3.63, 3.8) is 0 Å². The molecule has 0 bridgehead atoms. The van der Waals surface area contributed by atoms with Crippen molar-refractivity contribution in [2.24, 2.45) is 0 Å². The zero-order valence-electron chi connectivity index (χ0n) is 17.9. The molecule has 2 aromatic carbocycles. The molecule has 0 aromatic heterocycles. The average molecular weight is 410 g/mol. The number of rotatable bonds is 5. The smallest absolute Gasteiger partial charge is 0.177 e. The molecule has 6 heteroatoms. The summed E-state index contributed by atoms with van der Waals surface area (Å²) < 4.78 is 28.8. The monoisotopic (exact) mass is 410 g/mol. The highest BCUT2D eigenvalue weighted by molar-refractivity contribution is 6.06. The van der Waals surface area contributed by atoms with E-state index in [9.17, 15) is 4.79 Å². The van der Waals surface area contributed by atoms with E-state index in [1.165, 1.54) is 0 Å². The van der Waals surface area contributed by atoms with Crippen molar-refractivity contribution in [1.82, 2.24) is 0 Å². The first-order valence-corrected chi connectivity index (χ1v) is 9.99. The molecule has 0 unspecified atom stereocenters. The van der Waals surface area contributed by atoms with Crippen LogP contribution in [-0.2, 0) is 0 Å². The highest BCUT2D eigenvalue weighted by atomic mass is 16.5. The Balaban J connectivity index is 1.76. The second-order valence-corrected chi connectivity index (χ2v) is 7.80. The lowest BCUT2D eigenvalue weighted by Crippen LogP contribution is -2.30. The maximum absolute atomic E-state index is 13.5. The molecule has 30 heavy (non-hydrogen) atoms. The van der Waals surface area contributed by atoms with Crippen molar-refractivity contribution in [2.45, 2.75) is 32.3 Å². The Hall–Kier alpha value is -3.15. The van der Waals surface area contributed by atoms with Gasteiger partial charge in [0.05, 0.1) is 37.9 Å². The molecule has 158 valence electrons. The maximum atomic E-state index is 13.5. The molecule has 1 atom stereocenters. The third kappa shape index (κ3) is 3.36. The van der Waals surface area contributed by atoms with Crippen LogP contribution in [0.4, 0.5) is 0 Å². The van der Waals surface area contributed by atoms with E-state index in [0.717, 1.165) is 11.1 Å². The predicted molar refractivity (Wildman–Crippen MR) is 113 cm³/mol. The molecule has 0 aliphatic carbocycles. The Bertz CT molecular complexity index is 1020. The van der Waals surface area contributed by atoms with E-state index in [0.29, 0.717) is 40.9 Å². The molecule has 4 rings (SSSR count). The zero-order valence-corrected chi connectivity index (χ0v) is 17.9. The van der Waals surface area contributed by atoms with E-state index in [1.807, 2.05) is 39.0 Å². The van der Waals surface area contributed by atoms with Crippen LogP contribution in [0.3, 0.4) is 0 Å². The standard InChI is InChI=1S/C24H26O6/c1-6-28-19-12-21(27-5)20(26-4)11-16(19)17-13-29-23-14-9-10-24(2,3)30-18(14)8-7-15(23)22(17)25/h7-12,17H,6,13H2,1-5H3/t17-/m1/s1. The molecule has 2 aliphatic heterocycles. The van der Waals surface area contributed by atoms with Crippen LogP contribution in [0.15, 0.2) is 30.3 Å². The van der Waals surface area contributed by atoms with Crippen molar-refractivity contribution in [3.8, 4) is 28.7 Å². The SMILES string of the molecule is CCOc1cc(OC)c(OC)cc1[C@H]1COc2c(ccc3c2C=CC(C)(C)O3)C1=O. The Morgan fingerprint density at radius 2 is 1.83 bits per heavy atom. The molecular weight excluding hydrogens is 384 g/mol. The van der Waals surface area contributed by atoms with Gasteiger partial charge in [-0.15, -0.1) is 0 Å². The number of hydrogen-bond donors (Lipinski definition) is 0. The van der Waals surface area contributed by atoms with Crippen LogP contribution >= 0.6 is 0 Å². The lowest BCUT2D eigenvalue weighted by atomic mass is 9.86. The highest BCUT2D eigenvalue weighted by Gasteiger charge is 2.36. The Morgan fingerprint density at radius 3 is 2.53 bits per heavy atom. The van der Waals surface area contributed by atoms with Gasteiger partial charge in [0, 0.05) is 11.6 Å². The van der Waals surface area contributed by atoms with Crippen LogP contribution in [-0.4, -0.2) is 38.8 Å². The number of methoxy groups -OCH3 is 2. The normalized spacial score (nSPS) is 18.6. The largest absolute Gasteiger partial charge is 0.493 e. The van der Waals surface area contributed by atoms with Gasteiger partial charge in [-0.05, 0) is 51.1 Å². The van der Waals surface area contributed by atoms with Crippen LogP contribution in [0, 0.1) is 0 Å². The quantitative estimate of drug-likeness (QED) is 0.715. The van der Waals surface area contributed by atoms with Gasteiger partial charge in [0.1, 0.15) is 29.5 Å². The number of fused-ring (bicyclic) bond motifs is 3. The highest BCUT2D eigenvalue weighted by Crippen LogP contribution is 2.45. The molecule has 0 saturated carbocycles. The summed E-state index contributed by atoms with van der Waals surface area (Å²) in [6.45, 7) is 6.54. The van der Waals surface area contributed by atoms with Gasteiger partial charge < -0.3 is 23.7 Å². The third-order valence-electron chi connectivity index (χ3n) is 5.35. The topological polar surface area (TPSA) is 63.2 Å². The Kier molecular flexibility index (Phi) is 5.10. The van der Waals surface area contributed by atoms with Crippen LogP contribution in [0.2, 0.25) is 0 Å². The number of benzene rings is 2. The molecular formula is C24H26O6. The summed E-state index contributed by atoms with van der Waals surface area (Å²) in [5, 5.41) is 0. The van der Waals surface area contributed by atoms with Crippen LogP contribution in [0.25, 0.3) is 6.08 Å². The molecule has 0 amide bonds. The van der Waals surface area contributed by atoms with Gasteiger partial charge in [-0.25, -0.2) is 0 Å². The molecule has 0 saturated heterocycles. The number of carbonyl (C=O) groups is 1. The summed E-state index contributed by atoms with van der Waals surface area (Å²) in [4.78, 5) is 13.5. The van der Waals surface area contributed by atoms with E-state index < -0.39 is 11.5 Å². The lowest BCUT2D eigenvalue weighted by molar-refractivity contribution is 0.0891. The van der Waals surface area contributed by atoms with E-state index in [4.69, 9.17) is 23.7 Å². The van der Waals surface area contributed by atoms with Crippen molar-refractivity contribution < 1.29 is 28.5 Å². The van der Waals surface area contributed by atoms with Crippen molar-refractivity contribution in [3.05, 3.63) is 47.0 Å². The van der Waals surface area contributed by atoms with Gasteiger partial charge in [0.2, 0.25) is 0 Å². The first-order valence-electron chi connectivity index (χ1n) is 9.99. The van der Waals surface area contributed by atoms with Gasteiger partial charge >= 0.3 is 0 Å². The fourth-order valence-corrected chi connectivity index (χ4v) is 3.87. The summed E-state index contributed by atoms with van der Waals surface area (Å²) in [6.07, 6.45) is 3.93. The summed E-state index contributed by atoms with van der Waals surface area (Å²) in [6, 6.07) is 7.16. The molecule has 0 fully saturated rings. The number of carbonyl (C=O) groups excluding carboxylic acids is 1. The molecule has 2 heterocycles. The number of ether oxygens (including phenoxy) is 5. The molecule has 0 radical (unpaired) electrons. The van der Waals surface area contributed by atoms with Crippen molar-refractivity contribution in [2.75, 3.05) is 27.4 Å². The summed E-state index contributed by atoms with van der Waals surface area (Å²) in [5.41, 5.74) is 1.66. The molecule has 2 aliphatic rings. The van der Waals surface area contributed by atoms with Crippen molar-refractivity contribution in [1.29, 1.82) is 0 Å². The first kappa shape index (κ1) is 20.1. The van der Waals surface area contributed by atoms with Gasteiger partial charge in [0.25, 0.3) is 0 Å². The second kappa shape index (κ2) is 7.59. The maximum Gasteiger partial charge on any atom is 0.177 e. The number of ketones is 1. The summed E-state index contributed by atoms with van der Waals surface area (Å²) in [5.74, 6) is 2.43. The van der Waals surface area contributed by atoms with E-state index >= 15 is 0 Å².